The lowest BCUT2D eigenvalue weighted by Gasteiger charge is -2.46. The van der Waals surface area contributed by atoms with Crippen molar-refractivity contribution in [2.45, 2.75) is 30.9 Å². The number of rotatable bonds is 4. The van der Waals surface area contributed by atoms with E-state index in [9.17, 15) is 0 Å². The maximum atomic E-state index is 6.25. The molecule has 1 aromatic carbocycles. The van der Waals surface area contributed by atoms with E-state index < -0.39 is 0 Å². The molecule has 1 fully saturated rings. The van der Waals surface area contributed by atoms with Gasteiger partial charge in [-0.1, -0.05) is 29.8 Å². The lowest BCUT2D eigenvalue weighted by atomic mass is 9.72. The van der Waals surface area contributed by atoms with Crippen LogP contribution in [0.4, 0.5) is 0 Å². The first kappa shape index (κ1) is 11.9. The highest BCUT2D eigenvalue weighted by Gasteiger charge is 2.45. The van der Waals surface area contributed by atoms with Gasteiger partial charge < -0.3 is 10.1 Å². The Bertz CT molecular complexity index is 357. The fraction of sp³-hybridized carbons (Fsp3) is 0.538. The third kappa shape index (κ3) is 1.86. The average molecular weight is 240 g/mol. The number of hydrogen-bond acceptors (Lipinski definition) is 2. The van der Waals surface area contributed by atoms with Gasteiger partial charge in [0.1, 0.15) is 0 Å². The molecule has 1 N–H and O–H groups in total. The zero-order valence-corrected chi connectivity index (χ0v) is 10.6. The topological polar surface area (TPSA) is 21.3 Å². The zero-order chi connectivity index (χ0) is 11.6. The molecule has 16 heavy (non-hydrogen) atoms. The number of likely N-dealkylation sites (N-methyl/N-ethyl adjacent to an activating group) is 1. The van der Waals surface area contributed by atoms with E-state index in [-0.39, 0.29) is 11.6 Å². The molecule has 0 radical (unpaired) electrons. The summed E-state index contributed by atoms with van der Waals surface area (Å²) in [7, 11) is 3.76. The standard InChI is InChI=1S/C13H18ClNO/c1-15-12(13(16-2)8-5-9-13)10-6-3-4-7-11(10)14/h3-4,6-7,12,15H,5,8-9H2,1-2H3. The lowest BCUT2D eigenvalue weighted by Crippen LogP contribution is -2.49. The van der Waals surface area contributed by atoms with Crippen molar-refractivity contribution in [1.82, 2.24) is 5.32 Å². The summed E-state index contributed by atoms with van der Waals surface area (Å²) in [6.07, 6.45) is 3.43. The highest BCUT2D eigenvalue weighted by molar-refractivity contribution is 6.31. The molecule has 88 valence electrons. The van der Waals surface area contributed by atoms with Crippen LogP contribution in [0.5, 0.6) is 0 Å². The highest BCUT2D eigenvalue weighted by atomic mass is 35.5. The third-order valence-electron chi connectivity index (χ3n) is 3.64. The maximum Gasteiger partial charge on any atom is 0.0873 e. The molecule has 0 aromatic heterocycles. The van der Waals surface area contributed by atoms with E-state index in [1.165, 1.54) is 6.42 Å². The summed E-state index contributed by atoms with van der Waals surface area (Å²) in [4.78, 5) is 0. The molecular weight excluding hydrogens is 222 g/mol. The average Bonchev–Trinajstić information content (AvgIpc) is 2.25. The van der Waals surface area contributed by atoms with Crippen molar-refractivity contribution in [3.8, 4) is 0 Å². The zero-order valence-electron chi connectivity index (χ0n) is 9.79. The molecule has 0 saturated heterocycles. The number of halogens is 1. The summed E-state index contributed by atoms with van der Waals surface area (Å²) in [5, 5.41) is 4.15. The van der Waals surface area contributed by atoms with Gasteiger partial charge >= 0.3 is 0 Å². The quantitative estimate of drug-likeness (QED) is 0.872. The van der Waals surface area contributed by atoms with Gasteiger partial charge in [-0.3, -0.25) is 0 Å². The van der Waals surface area contributed by atoms with E-state index in [1.54, 1.807) is 7.11 Å². The van der Waals surface area contributed by atoms with Gasteiger partial charge in [0.25, 0.3) is 0 Å². The van der Waals surface area contributed by atoms with Gasteiger partial charge in [-0.2, -0.15) is 0 Å². The van der Waals surface area contributed by atoms with Gasteiger partial charge in [0.15, 0.2) is 0 Å². The molecule has 3 heteroatoms. The van der Waals surface area contributed by atoms with Crippen LogP contribution in [0.2, 0.25) is 5.02 Å². The van der Waals surface area contributed by atoms with E-state index in [2.05, 4.69) is 11.4 Å². The van der Waals surface area contributed by atoms with Crippen LogP contribution in [0.25, 0.3) is 0 Å². The van der Waals surface area contributed by atoms with Crippen LogP contribution in [0.1, 0.15) is 30.9 Å². The van der Waals surface area contributed by atoms with Crippen molar-refractivity contribution in [3.63, 3.8) is 0 Å². The number of benzene rings is 1. The van der Waals surface area contributed by atoms with E-state index in [0.717, 1.165) is 23.4 Å². The Morgan fingerprint density at radius 3 is 2.50 bits per heavy atom. The van der Waals surface area contributed by atoms with Crippen LogP contribution in [0.3, 0.4) is 0 Å². The molecule has 1 aromatic rings. The molecule has 2 nitrogen and oxygen atoms in total. The molecule has 2 rings (SSSR count). The van der Waals surface area contributed by atoms with Gasteiger partial charge in [-0.15, -0.1) is 0 Å². The van der Waals surface area contributed by atoms with Gasteiger partial charge in [0.05, 0.1) is 11.6 Å². The first-order valence-electron chi connectivity index (χ1n) is 5.70. The van der Waals surface area contributed by atoms with E-state index >= 15 is 0 Å². The fourth-order valence-electron chi connectivity index (χ4n) is 2.55. The van der Waals surface area contributed by atoms with Crippen molar-refractivity contribution >= 4 is 11.6 Å². The smallest absolute Gasteiger partial charge is 0.0873 e. The summed E-state index contributed by atoms with van der Waals surface area (Å²) in [5.74, 6) is 0. The Balaban J connectivity index is 2.32. The lowest BCUT2D eigenvalue weighted by molar-refractivity contribution is -0.0983. The minimum absolute atomic E-state index is 0.0697. The Morgan fingerprint density at radius 1 is 1.38 bits per heavy atom. The summed E-state index contributed by atoms with van der Waals surface area (Å²) in [6, 6.07) is 8.16. The predicted molar refractivity (Wildman–Crippen MR) is 66.8 cm³/mol. The normalized spacial score (nSPS) is 20.2. The SMILES string of the molecule is CNC(c1ccccc1Cl)C1(OC)CCC1. The summed E-state index contributed by atoms with van der Waals surface area (Å²) in [5.41, 5.74) is 1.06. The second-order valence-electron chi connectivity index (χ2n) is 4.37. The minimum Gasteiger partial charge on any atom is -0.376 e. The minimum atomic E-state index is -0.0697. The van der Waals surface area contributed by atoms with Crippen LogP contribution in [0, 0.1) is 0 Å². The van der Waals surface area contributed by atoms with Crippen molar-refractivity contribution < 1.29 is 4.74 Å². The van der Waals surface area contributed by atoms with Gasteiger partial charge in [-0.05, 0) is 37.9 Å². The number of ether oxygens (including phenoxy) is 1. The second-order valence-corrected chi connectivity index (χ2v) is 4.77. The Kier molecular flexibility index (Phi) is 3.53. The van der Waals surface area contributed by atoms with Crippen LogP contribution in [-0.2, 0) is 4.74 Å². The highest BCUT2D eigenvalue weighted by Crippen LogP contribution is 2.45. The van der Waals surface area contributed by atoms with Crippen molar-refractivity contribution in [2.24, 2.45) is 0 Å². The number of nitrogens with one attached hydrogen (secondary N) is 1. The van der Waals surface area contributed by atoms with E-state index in [0.29, 0.717) is 0 Å². The van der Waals surface area contributed by atoms with Crippen LogP contribution < -0.4 is 5.32 Å². The van der Waals surface area contributed by atoms with Crippen LogP contribution in [0.15, 0.2) is 24.3 Å². The van der Waals surface area contributed by atoms with Crippen molar-refractivity contribution in [2.75, 3.05) is 14.2 Å². The molecule has 0 heterocycles. The maximum absolute atomic E-state index is 6.25. The monoisotopic (exact) mass is 239 g/mol. The first-order valence-corrected chi connectivity index (χ1v) is 6.08. The first-order chi connectivity index (χ1) is 7.73. The number of methoxy groups -OCH3 is 1. The summed E-state index contributed by atoms with van der Waals surface area (Å²) < 4.78 is 5.72. The summed E-state index contributed by atoms with van der Waals surface area (Å²) >= 11 is 6.25. The van der Waals surface area contributed by atoms with Crippen molar-refractivity contribution in [1.29, 1.82) is 0 Å². The molecule has 1 unspecified atom stereocenters. The molecule has 1 atom stereocenters. The largest absolute Gasteiger partial charge is 0.376 e. The molecular formula is C13H18ClNO. The van der Waals surface area contributed by atoms with Crippen LogP contribution in [-0.4, -0.2) is 19.8 Å². The molecule has 1 saturated carbocycles. The Morgan fingerprint density at radius 2 is 2.06 bits per heavy atom. The molecule has 1 aliphatic carbocycles. The van der Waals surface area contributed by atoms with Gasteiger partial charge in [0, 0.05) is 12.1 Å². The van der Waals surface area contributed by atoms with E-state index in [1.807, 2.05) is 25.2 Å². The predicted octanol–water partition coefficient (Wildman–Crippen LogP) is 3.17. The van der Waals surface area contributed by atoms with E-state index in [4.69, 9.17) is 16.3 Å². The van der Waals surface area contributed by atoms with Gasteiger partial charge in [-0.25, -0.2) is 0 Å². The van der Waals surface area contributed by atoms with Crippen LogP contribution >= 0.6 is 11.6 Å². The fourth-order valence-corrected chi connectivity index (χ4v) is 2.79. The van der Waals surface area contributed by atoms with Gasteiger partial charge in [0.2, 0.25) is 0 Å². The second kappa shape index (κ2) is 4.74. The van der Waals surface area contributed by atoms with Crippen molar-refractivity contribution in [3.05, 3.63) is 34.9 Å². The third-order valence-corrected chi connectivity index (χ3v) is 3.98. The molecule has 0 aliphatic heterocycles. The Labute approximate surface area is 102 Å². The summed E-state index contributed by atoms with van der Waals surface area (Å²) in [6.45, 7) is 0. The molecule has 0 amide bonds. The molecule has 0 bridgehead atoms. The Hall–Kier alpha value is -0.570. The molecule has 1 aliphatic rings. The number of hydrogen-bond donors (Lipinski definition) is 1. The molecule has 0 spiro atoms.